The fourth-order valence-electron chi connectivity index (χ4n) is 6.73. The van der Waals surface area contributed by atoms with E-state index in [0.717, 1.165) is 64.2 Å². The van der Waals surface area contributed by atoms with Crippen molar-refractivity contribution in [2.75, 3.05) is 13.2 Å². The minimum atomic E-state index is -0.679. The van der Waals surface area contributed by atoms with Gasteiger partial charge in [0, 0.05) is 12.8 Å². The normalized spacial score (nSPS) is 12.9. The van der Waals surface area contributed by atoms with E-state index < -0.39 is 12.1 Å². The summed E-state index contributed by atoms with van der Waals surface area (Å²) in [6, 6.07) is -0.559. The number of ether oxygens (including phenoxy) is 1. The second-order valence-electron chi connectivity index (χ2n) is 15.4. The molecule has 0 fully saturated rings. The van der Waals surface area contributed by atoms with Crippen molar-refractivity contribution >= 4 is 11.9 Å². The second kappa shape index (κ2) is 42.1. The van der Waals surface area contributed by atoms with Crippen LogP contribution in [-0.4, -0.2) is 47.4 Å². The van der Waals surface area contributed by atoms with E-state index in [9.17, 15) is 19.8 Å². The Bertz CT molecular complexity index is 813. The standard InChI is InChI=1S/C46H87NO5/c1-3-5-7-9-11-13-14-15-16-17-18-19-20-24-28-32-36-40-46(51)52-41-37-33-29-25-21-23-27-31-35-39-45(50)47-43(42-48)44(49)38-34-30-26-22-12-10-8-6-4-2/h11,13,15-16,43-44,48-49H,3-10,12,14,17-42H2,1-2H3,(H,47,50)/b13-11-,16-15-. The van der Waals surface area contributed by atoms with E-state index in [1.165, 1.54) is 135 Å². The minimum Gasteiger partial charge on any atom is -0.466 e. The zero-order valence-electron chi connectivity index (χ0n) is 34.5. The van der Waals surface area contributed by atoms with Crippen LogP contribution in [0.2, 0.25) is 0 Å². The summed E-state index contributed by atoms with van der Waals surface area (Å²) in [4.78, 5) is 24.4. The maximum absolute atomic E-state index is 12.4. The summed E-state index contributed by atoms with van der Waals surface area (Å²) in [5, 5.41) is 23.0. The highest BCUT2D eigenvalue weighted by Crippen LogP contribution is 2.15. The van der Waals surface area contributed by atoms with Gasteiger partial charge < -0.3 is 20.3 Å². The number of nitrogens with one attached hydrogen (secondary N) is 1. The zero-order chi connectivity index (χ0) is 38.0. The third-order valence-corrected chi connectivity index (χ3v) is 10.3. The number of aliphatic hydroxyl groups excluding tert-OH is 2. The Morgan fingerprint density at radius 2 is 0.962 bits per heavy atom. The lowest BCUT2D eigenvalue weighted by Gasteiger charge is -2.22. The smallest absolute Gasteiger partial charge is 0.305 e. The van der Waals surface area contributed by atoms with E-state index in [4.69, 9.17) is 4.74 Å². The van der Waals surface area contributed by atoms with Crippen LogP contribution < -0.4 is 5.32 Å². The zero-order valence-corrected chi connectivity index (χ0v) is 34.5. The molecule has 3 N–H and O–H groups in total. The van der Waals surface area contributed by atoms with Crippen molar-refractivity contribution in [2.24, 2.45) is 0 Å². The van der Waals surface area contributed by atoms with Crippen molar-refractivity contribution in [1.82, 2.24) is 5.32 Å². The van der Waals surface area contributed by atoms with E-state index in [1.807, 2.05) is 0 Å². The van der Waals surface area contributed by atoms with Gasteiger partial charge in [-0.3, -0.25) is 9.59 Å². The third kappa shape index (κ3) is 38.1. The highest BCUT2D eigenvalue weighted by molar-refractivity contribution is 5.76. The largest absolute Gasteiger partial charge is 0.466 e. The van der Waals surface area contributed by atoms with Gasteiger partial charge in [0.05, 0.1) is 25.4 Å². The number of allylic oxidation sites excluding steroid dienone is 4. The van der Waals surface area contributed by atoms with E-state index >= 15 is 0 Å². The van der Waals surface area contributed by atoms with E-state index in [2.05, 4.69) is 43.5 Å². The summed E-state index contributed by atoms with van der Waals surface area (Å²) in [7, 11) is 0. The Morgan fingerprint density at radius 3 is 1.50 bits per heavy atom. The molecule has 0 aromatic heterocycles. The van der Waals surface area contributed by atoms with Crippen LogP contribution in [0.25, 0.3) is 0 Å². The second-order valence-corrected chi connectivity index (χ2v) is 15.4. The van der Waals surface area contributed by atoms with Crippen molar-refractivity contribution in [2.45, 2.75) is 244 Å². The number of carbonyl (C=O) groups is 2. The average Bonchev–Trinajstić information content (AvgIpc) is 3.14. The Labute approximate surface area is 322 Å². The van der Waals surface area contributed by atoms with Crippen molar-refractivity contribution in [1.29, 1.82) is 0 Å². The average molecular weight is 734 g/mol. The first kappa shape index (κ1) is 50.3. The monoisotopic (exact) mass is 734 g/mol. The predicted molar refractivity (Wildman–Crippen MR) is 223 cm³/mol. The summed E-state index contributed by atoms with van der Waals surface area (Å²) >= 11 is 0. The number of amides is 1. The number of esters is 1. The maximum Gasteiger partial charge on any atom is 0.305 e. The van der Waals surface area contributed by atoms with Gasteiger partial charge in [-0.2, -0.15) is 0 Å². The van der Waals surface area contributed by atoms with Crippen molar-refractivity contribution in [3.05, 3.63) is 24.3 Å². The molecule has 2 atom stereocenters. The predicted octanol–water partition coefficient (Wildman–Crippen LogP) is 12.8. The quantitative estimate of drug-likeness (QED) is 0.0330. The van der Waals surface area contributed by atoms with Gasteiger partial charge in [-0.25, -0.2) is 0 Å². The summed E-state index contributed by atoms with van der Waals surface area (Å²) in [5.74, 6) is -0.101. The molecular formula is C46H87NO5. The van der Waals surface area contributed by atoms with Gasteiger partial charge in [-0.05, 0) is 57.8 Å². The van der Waals surface area contributed by atoms with Gasteiger partial charge in [0.1, 0.15) is 0 Å². The Balaban J connectivity index is 3.48. The van der Waals surface area contributed by atoms with Crippen LogP contribution in [0.4, 0.5) is 0 Å². The number of carbonyl (C=O) groups excluding carboxylic acids is 2. The van der Waals surface area contributed by atoms with Crippen molar-refractivity contribution in [3.63, 3.8) is 0 Å². The molecule has 0 aliphatic carbocycles. The molecule has 0 saturated heterocycles. The van der Waals surface area contributed by atoms with Crippen LogP contribution >= 0.6 is 0 Å². The van der Waals surface area contributed by atoms with Crippen LogP contribution in [0.15, 0.2) is 24.3 Å². The molecule has 0 saturated carbocycles. The molecule has 0 aliphatic rings. The molecule has 0 aromatic carbocycles. The van der Waals surface area contributed by atoms with Gasteiger partial charge in [-0.1, -0.05) is 186 Å². The summed E-state index contributed by atoms with van der Waals surface area (Å²) in [5.41, 5.74) is 0. The lowest BCUT2D eigenvalue weighted by atomic mass is 10.0. The Hall–Kier alpha value is -1.66. The van der Waals surface area contributed by atoms with E-state index in [-0.39, 0.29) is 18.5 Å². The van der Waals surface area contributed by atoms with Crippen LogP contribution in [0.5, 0.6) is 0 Å². The van der Waals surface area contributed by atoms with Crippen LogP contribution in [0, 0.1) is 0 Å². The molecule has 1 amide bonds. The molecule has 52 heavy (non-hydrogen) atoms. The topological polar surface area (TPSA) is 95.9 Å². The first-order valence-corrected chi connectivity index (χ1v) is 22.6. The Morgan fingerprint density at radius 1 is 0.538 bits per heavy atom. The molecule has 0 rings (SSSR count). The Kier molecular flexibility index (Phi) is 40.7. The molecule has 0 bridgehead atoms. The molecule has 0 spiro atoms. The lowest BCUT2D eigenvalue weighted by Crippen LogP contribution is -2.45. The minimum absolute atomic E-state index is 0.0339. The van der Waals surface area contributed by atoms with Crippen molar-refractivity contribution in [3.8, 4) is 0 Å². The first-order chi connectivity index (χ1) is 25.5. The van der Waals surface area contributed by atoms with Crippen molar-refractivity contribution < 1.29 is 24.5 Å². The fourth-order valence-corrected chi connectivity index (χ4v) is 6.73. The highest BCUT2D eigenvalue weighted by atomic mass is 16.5. The molecule has 2 unspecified atom stereocenters. The third-order valence-electron chi connectivity index (χ3n) is 10.3. The van der Waals surface area contributed by atoms with Crippen LogP contribution in [0.3, 0.4) is 0 Å². The van der Waals surface area contributed by atoms with E-state index in [0.29, 0.717) is 25.9 Å². The van der Waals surface area contributed by atoms with E-state index in [1.54, 1.807) is 0 Å². The summed E-state index contributed by atoms with van der Waals surface area (Å²) < 4.78 is 5.44. The van der Waals surface area contributed by atoms with Gasteiger partial charge in [0.25, 0.3) is 0 Å². The molecule has 0 radical (unpaired) electrons. The fraction of sp³-hybridized carbons (Fsp3) is 0.870. The molecule has 0 aliphatic heterocycles. The molecule has 0 aromatic rings. The number of rotatable bonds is 41. The van der Waals surface area contributed by atoms with Gasteiger partial charge in [0.15, 0.2) is 0 Å². The highest BCUT2D eigenvalue weighted by Gasteiger charge is 2.20. The maximum atomic E-state index is 12.4. The lowest BCUT2D eigenvalue weighted by molar-refractivity contribution is -0.143. The van der Waals surface area contributed by atoms with Gasteiger partial charge >= 0.3 is 5.97 Å². The molecule has 6 nitrogen and oxygen atoms in total. The van der Waals surface area contributed by atoms with Gasteiger partial charge in [-0.15, -0.1) is 0 Å². The van der Waals surface area contributed by atoms with Crippen LogP contribution in [-0.2, 0) is 14.3 Å². The molecule has 306 valence electrons. The number of aliphatic hydroxyl groups is 2. The summed E-state index contributed by atoms with van der Waals surface area (Å²) in [6.45, 7) is 4.82. The SMILES string of the molecule is CCCCC/C=C\C/C=C\CCCCCCCCCC(=O)OCCCCCCCCCCCC(=O)NC(CO)C(O)CCCCCCCCCCC. The number of hydrogen-bond acceptors (Lipinski definition) is 5. The molecule has 0 heterocycles. The number of hydrogen-bond donors (Lipinski definition) is 3. The molecule has 6 heteroatoms. The summed E-state index contributed by atoms with van der Waals surface area (Å²) in [6.07, 6.45) is 47.0. The first-order valence-electron chi connectivity index (χ1n) is 22.6. The van der Waals surface area contributed by atoms with Crippen LogP contribution in [0.1, 0.15) is 232 Å². The van der Waals surface area contributed by atoms with Gasteiger partial charge in [0.2, 0.25) is 5.91 Å². The molecular weight excluding hydrogens is 647 g/mol. The number of unbranched alkanes of at least 4 members (excludes halogenated alkanes) is 26.